The van der Waals surface area contributed by atoms with E-state index in [2.05, 4.69) is 0 Å². The molecule has 0 aromatic rings. The van der Waals surface area contributed by atoms with E-state index < -0.39 is 5.41 Å². The van der Waals surface area contributed by atoms with E-state index in [4.69, 9.17) is 9.47 Å². The molecule has 4 nitrogen and oxygen atoms in total. The van der Waals surface area contributed by atoms with Gasteiger partial charge in [-0.3, -0.25) is 9.59 Å². The van der Waals surface area contributed by atoms with Crippen LogP contribution in [0.3, 0.4) is 0 Å². The van der Waals surface area contributed by atoms with E-state index in [1.54, 1.807) is 0 Å². The quantitative estimate of drug-likeness (QED) is 0.599. The zero-order valence-electron chi connectivity index (χ0n) is 8.86. The summed E-state index contributed by atoms with van der Waals surface area (Å²) in [4.78, 5) is 23.5. The Kier molecular flexibility index (Phi) is 1.56. The molecule has 0 aromatic carbocycles. The zero-order chi connectivity index (χ0) is 10.8. The van der Waals surface area contributed by atoms with E-state index in [1.807, 2.05) is 6.92 Å². The zero-order valence-corrected chi connectivity index (χ0v) is 8.86. The molecule has 0 amide bonds. The summed E-state index contributed by atoms with van der Waals surface area (Å²) in [6.45, 7) is 1.86. The van der Waals surface area contributed by atoms with Gasteiger partial charge in [0.1, 0.15) is 6.10 Å². The molecule has 3 aliphatic rings. The van der Waals surface area contributed by atoms with Crippen molar-refractivity contribution in [3.63, 3.8) is 0 Å². The smallest absolute Gasteiger partial charge is 0.313 e. The number of rotatable bonds is 1. The van der Waals surface area contributed by atoms with Crippen LogP contribution in [0.4, 0.5) is 0 Å². The Labute approximate surface area is 87.9 Å². The maximum Gasteiger partial charge on any atom is 0.313 e. The first kappa shape index (κ1) is 9.19. The highest BCUT2D eigenvalue weighted by atomic mass is 16.6. The molecule has 82 valence electrons. The standard InChI is InChI=1S/C11H14O4/c1-11-6-3-5(8(11)9(12)14-2)4-7(6)15-10(11)13/h5-8H,3-4H2,1-2H3. The third-order valence-electron chi connectivity index (χ3n) is 4.58. The molecule has 0 spiro atoms. The predicted molar refractivity (Wildman–Crippen MR) is 49.7 cm³/mol. The van der Waals surface area contributed by atoms with Gasteiger partial charge >= 0.3 is 11.9 Å². The SMILES string of the molecule is COC(=O)C1C2CC3OC(=O)C1(C)C3C2. The number of esters is 2. The largest absolute Gasteiger partial charge is 0.469 e. The minimum atomic E-state index is -0.610. The Balaban J connectivity index is 2.04. The van der Waals surface area contributed by atoms with E-state index in [0.717, 1.165) is 12.8 Å². The predicted octanol–water partition coefficient (Wildman–Crippen LogP) is 0.747. The Morgan fingerprint density at radius 2 is 2.27 bits per heavy atom. The number of hydrogen-bond acceptors (Lipinski definition) is 4. The normalized spacial score (nSPS) is 50.7. The maximum absolute atomic E-state index is 11.8. The maximum atomic E-state index is 11.8. The van der Waals surface area contributed by atoms with Gasteiger partial charge in [0.05, 0.1) is 18.4 Å². The van der Waals surface area contributed by atoms with E-state index >= 15 is 0 Å². The average Bonchev–Trinajstić information content (AvgIpc) is 2.75. The molecule has 3 fully saturated rings. The van der Waals surface area contributed by atoms with Gasteiger partial charge in [-0.25, -0.2) is 0 Å². The summed E-state index contributed by atoms with van der Waals surface area (Å²) < 4.78 is 10.1. The van der Waals surface area contributed by atoms with Crippen LogP contribution in [0.1, 0.15) is 19.8 Å². The molecular weight excluding hydrogens is 196 g/mol. The first-order valence-corrected chi connectivity index (χ1v) is 5.38. The van der Waals surface area contributed by atoms with E-state index in [9.17, 15) is 9.59 Å². The lowest BCUT2D eigenvalue weighted by molar-refractivity contribution is -0.159. The minimum absolute atomic E-state index is 0.0633. The molecule has 4 heteroatoms. The molecule has 1 aliphatic heterocycles. The summed E-state index contributed by atoms with van der Waals surface area (Å²) in [5, 5.41) is 0. The van der Waals surface area contributed by atoms with Crippen molar-refractivity contribution in [2.24, 2.45) is 23.2 Å². The molecular formula is C11H14O4. The second-order valence-electron chi connectivity index (χ2n) is 5.07. The van der Waals surface area contributed by atoms with E-state index in [1.165, 1.54) is 7.11 Å². The molecule has 2 aliphatic carbocycles. The molecule has 1 saturated heterocycles. The number of methoxy groups -OCH3 is 1. The van der Waals surface area contributed by atoms with Crippen molar-refractivity contribution >= 4 is 11.9 Å². The summed E-state index contributed by atoms with van der Waals surface area (Å²) in [6, 6.07) is 0. The summed E-state index contributed by atoms with van der Waals surface area (Å²) >= 11 is 0. The van der Waals surface area contributed by atoms with Crippen molar-refractivity contribution in [1.29, 1.82) is 0 Å². The molecule has 1 heterocycles. The van der Waals surface area contributed by atoms with Gasteiger partial charge in [0.25, 0.3) is 0 Å². The van der Waals surface area contributed by atoms with Crippen LogP contribution < -0.4 is 0 Å². The number of hydrogen-bond donors (Lipinski definition) is 0. The van der Waals surface area contributed by atoms with Crippen molar-refractivity contribution in [1.82, 2.24) is 0 Å². The fourth-order valence-electron chi connectivity index (χ4n) is 3.90. The number of carbonyl (C=O) groups excluding carboxylic acids is 2. The van der Waals surface area contributed by atoms with Crippen LogP contribution in [-0.4, -0.2) is 25.2 Å². The van der Waals surface area contributed by atoms with Gasteiger partial charge in [-0.1, -0.05) is 0 Å². The Morgan fingerprint density at radius 3 is 2.93 bits per heavy atom. The Morgan fingerprint density at radius 1 is 1.53 bits per heavy atom. The monoisotopic (exact) mass is 210 g/mol. The van der Waals surface area contributed by atoms with E-state index in [0.29, 0.717) is 0 Å². The average molecular weight is 210 g/mol. The molecule has 2 saturated carbocycles. The van der Waals surface area contributed by atoms with Crippen molar-refractivity contribution in [2.75, 3.05) is 7.11 Å². The van der Waals surface area contributed by atoms with Crippen molar-refractivity contribution < 1.29 is 19.1 Å². The van der Waals surface area contributed by atoms with Crippen LogP contribution in [0.5, 0.6) is 0 Å². The summed E-state index contributed by atoms with van der Waals surface area (Å²) in [6.07, 6.45) is 1.84. The van der Waals surface area contributed by atoms with Gasteiger partial charge in [-0.2, -0.15) is 0 Å². The van der Waals surface area contributed by atoms with Crippen LogP contribution in [0, 0.1) is 23.2 Å². The molecule has 15 heavy (non-hydrogen) atoms. The van der Waals surface area contributed by atoms with Crippen LogP contribution in [0.25, 0.3) is 0 Å². The Hall–Kier alpha value is -1.06. The van der Waals surface area contributed by atoms with Gasteiger partial charge in [-0.15, -0.1) is 0 Å². The first-order valence-electron chi connectivity index (χ1n) is 5.38. The molecule has 3 rings (SSSR count). The fraction of sp³-hybridized carbons (Fsp3) is 0.818. The van der Waals surface area contributed by atoms with Crippen molar-refractivity contribution in [2.45, 2.75) is 25.9 Å². The molecule has 0 aromatic heterocycles. The molecule has 0 radical (unpaired) electrons. The van der Waals surface area contributed by atoms with Crippen LogP contribution in [0.15, 0.2) is 0 Å². The second-order valence-corrected chi connectivity index (χ2v) is 5.07. The lowest BCUT2D eigenvalue weighted by atomic mass is 9.68. The third kappa shape index (κ3) is 0.840. The number of carbonyl (C=O) groups is 2. The lowest BCUT2D eigenvalue weighted by Crippen LogP contribution is -2.42. The molecule has 5 atom stereocenters. The van der Waals surface area contributed by atoms with Gasteiger partial charge in [0.15, 0.2) is 0 Å². The van der Waals surface area contributed by atoms with Crippen LogP contribution in [0.2, 0.25) is 0 Å². The van der Waals surface area contributed by atoms with Crippen LogP contribution in [-0.2, 0) is 19.1 Å². The van der Waals surface area contributed by atoms with Crippen LogP contribution >= 0.6 is 0 Å². The highest BCUT2D eigenvalue weighted by molar-refractivity contribution is 5.89. The molecule has 2 bridgehead atoms. The third-order valence-corrected chi connectivity index (χ3v) is 4.58. The van der Waals surface area contributed by atoms with Gasteiger partial charge < -0.3 is 9.47 Å². The van der Waals surface area contributed by atoms with E-state index in [-0.39, 0.29) is 35.8 Å². The fourth-order valence-corrected chi connectivity index (χ4v) is 3.90. The van der Waals surface area contributed by atoms with Crippen molar-refractivity contribution in [3.8, 4) is 0 Å². The number of fused-ring (bicyclic) bond motifs is 1. The summed E-state index contributed by atoms with van der Waals surface area (Å²) in [7, 11) is 1.38. The minimum Gasteiger partial charge on any atom is -0.469 e. The topological polar surface area (TPSA) is 52.6 Å². The van der Waals surface area contributed by atoms with Gasteiger partial charge in [0, 0.05) is 5.92 Å². The number of ether oxygens (including phenoxy) is 2. The van der Waals surface area contributed by atoms with Gasteiger partial charge in [-0.05, 0) is 25.7 Å². The molecule has 5 unspecified atom stereocenters. The second kappa shape index (κ2) is 2.54. The van der Waals surface area contributed by atoms with Crippen molar-refractivity contribution in [3.05, 3.63) is 0 Å². The molecule has 0 N–H and O–H groups in total. The van der Waals surface area contributed by atoms with Gasteiger partial charge in [0.2, 0.25) is 0 Å². The lowest BCUT2D eigenvalue weighted by Gasteiger charge is -2.30. The summed E-state index contributed by atoms with van der Waals surface area (Å²) in [5.41, 5.74) is -0.610. The first-order chi connectivity index (χ1) is 7.09. The highest BCUT2D eigenvalue weighted by Gasteiger charge is 2.71. The summed E-state index contributed by atoms with van der Waals surface area (Å²) in [5.74, 6) is -0.211. The Bertz CT molecular complexity index is 350. The highest BCUT2D eigenvalue weighted by Crippen LogP contribution is 2.64.